The van der Waals surface area contributed by atoms with Gasteiger partial charge in [0.25, 0.3) is 11.8 Å². The number of carbonyl (C=O) groups is 3. The number of aryl methyl sites for hydroxylation is 1. The summed E-state index contributed by atoms with van der Waals surface area (Å²) in [5.41, 5.74) is 1.90. The predicted octanol–water partition coefficient (Wildman–Crippen LogP) is 3.92. The van der Waals surface area contributed by atoms with Crippen LogP contribution in [0.15, 0.2) is 59.0 Å². The maximum atomic E-state index is 12.8. The first-order valence-corrected chi connectivity index (χ1v) is 11.1. The lowest BCUT2D eigenvalue weighted by atomic mass is 10.1. The second-order valence-corrected chi connectivity index (χ2v) is 8.00. The van der Waals surface area contributed by atoms with E-state index in [0.717, 1.165) is 12.0 Å². The van der Waals surface area contributed by atoms with Crippen molar-refractivity contribution < 1.29 is 28.3 Å². The van der Waals surface area contributed by atoms with E-state index in [4.69, 9.17) is 13.9 Å². The van der Waals surface area contributed by atoms with Crippen molar-refractivity contribution in [3.05, 3.63) is 77.2 Å². The van der Waals surface area contributed by atoms with Crippen molar-refractivity contribution in [3.8, 4) is 11.5 Å². The number of furan rings is 1. The number of rotatable bonds is 9. The molecular weight excluding hydrogens is 436 g/mol. The SMILES string of the molecule is CCCNC(=O)c1ccc(CN2C(=O)COc3ccc(C(=O)COc4cccc(C)c4)cc32)o1. The molecule has 3 aromatic rings. The van der Waals surface area contributed by atoms with Gasteiger partial charge < -0.3 is 19.2 Å². The van der Waals surface area contributed by atoms with Crippen molar-refractivity contribution in [1.82, 2.24) is 5.32 Å². The Labute approximate surface area is 197 Å². The summed E-state index contributed by atoms with van der Waals surface area (Å²) in [6.07, 6.45) is 0.815. The first-order chi connectivity index (χ1) is 16.4. The van der Waals surface area contributed by atoms with Crippen LogP contribution in [0.25, 0.3) is 0 Å². The standard InChI is InChI=1S/C26H26N2O6/c1-3-11-27-26(31)24-10-8-20(34-24)14-28-21-13-18(7-9-23(21)33-16-25(28)30)22(29)15-32-19-6-4-5-17(2)12-19/h4-10,12-13H,3,11,14-16H2,1-2H3,(H,27,31). The second kappa shape index (κ2) is 10.2. The molecule has 0 radical (unpaired) electrons. The Hall–Kier alpha value is -4.07. The lowest BCUT2D eigenvalue weighted by Gasteiger charge is -2.29. The molecule has 0 fully saturated rings. The van der Waals surface area contributed by atoms with Gasteiger partial charge in [-0.3, -0.25) is 19.3 Å². The van der Waals surface area contributed by atoms with Crippen molar-refractivity contribution in [3.63, 3.8) is 0 Å². The highest BCUT2D eigenvalue weighted by Gasteiger charge is 2.28. The Morgan fingerprint density at radius 3 is 2.76 bits per heavy atom. The Morgan fingerprint density at radius 2 is 1.97 bits per heavy atom. The summed E-state index contributed by atoms with van der Waals surface area (Å²) in [4.78, 5) is 39.0. The topological polar surface area (TPSA) is 98.1 Å². The van der Waals surface area contributed by atoms with Crippen molar-refractivity contribution >= 4 is 23.3 Å². The number of hydrogen-bond donors (Lipinski definition) is 1. The number of nitrogens with zero attached hydrogens (tertiary/aromatic N) is 1. The minimum Gasteiger partial charge on any atom is -0.485 e. The highest BCUT2D eigenvalue weighted by molar-refractivity contribution is 6.02. The van der Waals surface area contributed by atoms with Gasteiger partial charge in [0.2, 0.25) is 0 Å². The van der Waals surface area contributed by atoms with Gasteiger partial charge in [-0.1, -0.05) is 19.1 Å². The van der Waals surface area contributed by atoms with Crippen LogP contribution in [0.4, 0.5) is 5.69 Å². The quantitative estimate of drug-likeness (QED) is 0.484. The molecule has 8 nitrogen and oxygen atoms in total. The summed E-state index contributed by atoms with van der Waals surface area (Å²) in [5, 5.41) is 2.75. The average molecular weight is 463 g/mol. The number of ether oxygens (including phenoxy) is 2. The molecular formula is C26H26N2O6. The molecule has 1 N–H and O–H groups in total. The van der Waals surface area contributed by atoms with Gasteiger partial charge in [-0.25, -0.2) is 0 Å². The lowest BCUT2D eigenvalue weighted by Crippen LogP contribution is -2.38. The number of amides is 2. The number of carbonyl (C=O) groups excluding carboxylic acids is 3. The van der Waals surface area contributed by atoms with Gasteiger partial charge in [0.05, 0.1) is 12.2 Å². The van der Waals surface area contributed by atoms with E-state index in [0.29, 0.717) is 35.1 Å². The fourth-order valence-corrected chi connectivity index (χ4v) is 3.55. The van der Waals surface area contributed by atoms with E-state index >= 15 is 0 Å². The molecule has 1 aliphatic rings. The number of fused-ring (bicyclic) bond motifs is 1. The van der Waals surface area contributed by atoms with Crippen molar-refractivity contribution in [2.45, 2.75) is 26.8 Å². The third-order valence-electron chi connectivity index (χ3n) is 5.32. The average Bonchev–Trinajstić information content (AvgIpc) is 3.31. The summed E-state index contributed by atoms with van der Waals surface area (Å²) >= 11 is 0. The van der Waals surface area contributed by atoms with Crippen LogP contribution in [0.1, 0.15) is 45.6 Å². The molecule has 0 atom stereocenters. The lowest BCUT2D eigenvalue weighted by molar-refractivity contribution is -0.121. The van der Waals surface area contributed by atoms with Crippen molar-refractivity contribution in [2.75, 3.05) is 24.7 Å². The van der Waals surface area contributed by atoms with Gasteiger partial charge in [0.1, 0.15) is 17.3 Å². The minimum atomic E-state index is -0.303. The first kappa shape index (κ1) is 23.1. The zero-order valence-electron chi connectivity index (χ0n) is 19.1. The Morgan fingerprint density at radius 1 is 1.12 bits per heavy atom. The zero-order valence-corrected chi connectivity index (χ0v) is 19.1. The van der Waals surface area contributed by atoms with E-state index in [2.05, 4.69) is 5.32 Å². The van der Waals surface area contributed by atoms with Crippen molar-refractivity contribution in [1.29, 1.82) is 0 Å². The molecule has 0 saturated carbocycles. The molecule has 34 heavy (non-hydrogen) atoms. The molecule has 2 aromatic carbocycles. The largest absolute Gasteiger partial charge is 0.485 e. The van der Waals surface area contributed by atoms with Crippen LogP contribution in [0.2, 0.25) is 0 Å². The normalized spacial score (nSPS) is 12.6. The van der Waals surface area contributed by atoms with Crippen LogP contribution in [0.3, 0.4) is 0 Å². The summed E-state index contributed by atoms with van der Waals surface area (Å²) in [6.45, 7) is 4.31. The monoisotopic (exact) mass is 462 g/mol. The van der Waals surface area contributed by atoms with Crippen LogP contribution < -0.4 is 19.7 Å². The summed E-state index contributed by atoms with van der Waals surface area (Å²) < 4.78 is 16.8. The van der Waals surface area contributed by atoms with Gasteiger partial charge in [-0.15, -0.1) is 0 Å². The van der Waals surface area contributed by atoms with Gasteiger partial charge in [-0.2, -0.15) is 0 Å². The van der Waals surface area contributed by atoms with Gasteiger partial charge in [0, 0.05) is 12.1 Å². The van der Waals surface area contributed by atoms with Crippen molar-refractivity contribution in [2.24, 2.45) is 0 Å². The van der Waals surface area contributed by atoms with Gasteiger partial charge >= 0.3 is 0 Å². The van der Waals surface area contributed by atoms with E-state index in [9.17, 15) is 14.4 Å². The molecule has 0 unspecified atom stereocenters. The first-order valence-electron chi connectivity index (χ1n) is 11.1. The summed E-state index contributed by atoms with van der Waals surface area (Å²) in [6, 6.07) is 15.6. The Bertz CT molecular complexity index is 1220. The molecule has 0 spiro atoms. The molecule has 1 aliphatic heterocycles. The third-order valence-corrected chi connectivity index (χ3v) is 5.32. The molecule has 1 aromatic heterocycles. The fourth-order valence-electron chi connectivity index (χ4n) is 3.55. The molecule has 4 rings (SSSR count). The molecule has 8 heteroatoms. The number of ketones is 1. The molecule has 176 valence electrons. The maximum Gasteiger partial charge on any atom is 0.286 e. The highest BCUT2D eigenvalue weighted by atomic mass is 16.5. The molecule has 0 aliphatic carbocycles. The van der Waals surface area contributed by atoms with Crippen LogP contribution in [0.5, 0.6) is 11.5 Å². The molecule has 0 bridgehead atoms. The Balaban J connectivity index is 1.49. The van der Waals surface area contributed by atoms with Crippen LogP contribution >= 0.6 is 0 Å². The molecule has 2 heterocycles. The maximum absolute atomic E-state index is 12.8. The van der Waals surface area contributed by atoms with E-state index in [1.165, 1.54) is 4.90 Å². The van der Waals surface area contributed by atoms with Crippen LogP contribution in [-0.4, -0.2) is 37.4 Å². The fraction of sp³-hybridized carbons (Fsp3) is 0.269. The molecule has 2 amide bonds. The van der Waals surface area contributed by atoms with E-state index in [1.54, 1.807) is 36.4 Å². The van der Waals surface area contributed by atoms with E-state index in [-0.39, 0.29) is 43.1 Å². The van der Waals surface area contributed by atoms with E-state index in [1.807, 2.05) is 32.0 Å². The Kier molecular flexibility index (Phi) is 6.96. The summed E-state index contributed by atoms with van der Waals surface area (Å²) in [7, 11) is 0. The highest BCUT2D eigenvalue weighted by Crippen LogP contribution is 2.34. The van der Waals surface area contributed by atoms with Gasteiger partial charge in [0.15, 0.2) is 24.8 Å². The van der Waals surface area contributed by atoms with Gasteiger partial charge in [-0.05, 0) is 61.4 Å². The third kappa shape index (κ3) is 5.28. The number of anilines is 1. The number of hydrogen-bond acceptors (Lipinski definition) is 6. The van der Waals surface area contributed by atoms with E-state index < -0.39 is 0 Å². The van der Waals surface area contributed by atoms with Crippen LogP contribution in [0, 0.1) is 6.92 Å². The smallest absolute Gasteiger partial charge is 0.286 e. The zero-order chi connectivity index (χ0) is 24.1. The minimum absolute atomic E-state index is 0.105. The van der Waals surface area contributed by atoms with Crippen LogP contribution in [-0.2, 0) is 11.3 Å². The molecule has 0 saturated heterocycles. The number of benzene rings is 2. The second-order valence-electron chi connectivity index (χ2n) is 8.00. The number of nitrogens with one attached hydrogen (secondary N) is 1. The number of Topliss-reactive ketones (excluding diaryl/α,β-unsaturated/α-hetero) is 1. The predicted molar refractivity (Wildman–Crippen MR) is 125 cm³/mol. The summed E-state index contributed by atoms with van der Waals surface area (Å²) in [5.74, 6) is 0.926.